The zero-order chi connectivity index (χ0) is 12.3. The molecule has 0 aliphatic rings. The first-order valence-corrected chi connectivity index (χ1v) is 5.70. The topological polar surface area (TPSA) is 38.0 Å². The van der Waals surface area contributed by atoms with Crippen LogP contribution in [-0.4, -0.2) is 12.1 Å². The van der Waals surface area contributed by atoms with Gasteiger partial charge in [0.15, 0.2) is 0 Å². The molecular formula is C12H18ClFN2. The van der Waals surface area contributed by atoms with E-state index in [9.17, 15) is 4.39 Å². The highest BCUT2D eigenvalue weighted by molar-refractivity contribution is 6.33. The van der Waals surface area contributed by atoms with Gasteiger partial charge in [-0.05, 0) is 31.0 Å². The Kier molecular flexibility index (Phi) is 4.16. The number of halogens is 2. The Hall–Kier alpha value is -0.800. The van der Waals surface area contributed by atoms with Crippen LogP contribution in [0.1, 0.15) is 20.8 Å². The zero-order valence-corrected chi connectivity index (χ0v) is 10.6. The molecular weight excluding hydrogens is 227 g/mol. The maximum atomic E-state index is 13.1. The minimum Gasteiger partial charge on any atom is -0.377 e. The van der Waals surface area contributed by atoms with E-state index in [2.05, 4.69) is 19.2 Å². The van der Waals surface area contributed by atoms with Gasteiger partial charge in [0.25, 0.3) is 0 Å². The smallest absolute Gasteiger partial charge is 0.125 e. The molecule has 4 heteroatoms. The zero-order valence-electron chi connectivity index (χ0n) is 9.85. The van der Waals surface area contributed by atoms with Crippen LogP contribution in [0.15, 0.2) is 18.2 Å². The molecule has 3 N–H and O–H groups in total. The number of anilines is 1. The molecule has 0 heterocycles. The summed E-state index contributed by atoms with van der Waals surface area (Å²) in [6.45, 7) is 6.58. The lowest BCUT2D eigenvalue weighted by molar-refractivity contribution is 0.382. The van der Waals surface area contributed by atoms with E-state index in [1.165, 1.54) is 18.2 Å². The fourth-order valence-electron chi connectivity index (χ4n) is 1.33. The highest BCUT2D eigenvalue weighted by atomic mass is 35.5. The normalized spacial score (nSPS) is 14.9. The van der Waals surface area contributed by atoms with E-state index >= 15 is 0 Å². The molecule has 0 spiro atoms. The predicted molar refractivity (Wildman–Crippen MR) is 67.3 cm³/mol. The van der Waals surface area contributed by atoms with Gasteiger partial charge in [-0.25, -0.2) is 4.39 Å². The van der Waals surface area contributed by atoms with Crippen molar-refractivity contribution >= 4 is 17.3 Å². The molecule has 0 bridgehead atoms. The summed E-state index contributed by atoms with van der Waals surface area (Å²) >= 11 is 5.99. The summed E-state index contributed by atoms with van der Waals surface area (Å²) < 4.78 is 13.1. The van der Waals surface area contributed by atoms with Crippen LogP contribution in [0.25, 0.3) is 0 Å². The second kappa shape index (κ2) is 5.02. The standard InChI is InChI=1S/C12H18ClFN2/c1-8(2)12(3,7-15)16-11-6-9(14)4-5-10(11)13/h4-6,8,16H,7,15H2,1-3H3. The molecule has 1 rings (SSSR count). The first-order valence-electron chi connectivity index (χ1n) is 5.32. The van der Waals surface area contributed by atoms with Crippen molar-refractivity contribution in [1.82, 2.24) is 0 Å². The molecule has 1 unspecified atom stereocenters. The van der Waals surface area contributed by atoms with E-state index in [1.54, 1.807) is 0 Å². The summed E-state index contributed by atoms with van der Waals surface area (Å²) in [5.41, 5.74) is 6.04. The number of hydrogen-bond donors (Lipinski definition) is 2. The van der Waals surface area contributed by atoms with Gasteiger partial charge in [0.1, 0.15) is 5.82 Å². The Bertz CT molecular complexity index is 368. The average molecular weight is 245 g/mol. The van der Waals surface area contributed by atoms with Crippen LogP contribution < -0.4 is 11.1 Å². The Morgan fingerprint density at radius 2 is 2.12 bits per heavy atom. The van der Waals surface area contributed by atoms with Crippen molar-refractivity contribution in [3.8, 4) is 0 Å². The summed E-state index contributed by atoms with van der Waals surface area (Å²) in [6.07, 6.45) is 0. The molecule has 0 aromatic heterocycles. The minimum absolute atomic E-state index is 0.294. The van der Waals surface area contributed by atoms with Crippen LogP contribution in [0.4, 0.5) is 10.1 Å². The fraction of sp³-hybridized carbons (Fsp3) is 0.500. The number of hydrogen-bond acceptors (Lipinski definition) is 2. The predicted octanol–water partition coefficient (Wildman–Crippen LogP) is 3.26. The lowest BCUT2D eigenvalue weighted by Gasteiger charge is -2.35. The van der Waals surface area contributed by atoms with Gasteiger partial charge in [-0.3, -0.25) is 0 Å². The molecule has 1 aromatic carbocycles. The molecule has 16 heavy (non-hydrogen) atoms. The highest BCUT2D eigenvalue weighted by Gasteiger charge is 2.27. The van der Waals surface area contributed by atoms with Crippen molar-refractivity contribution in [2.24, 2.45) is 11.7 Å². The van der Waals surface area contributed by atoms with Crippen LogP contribution in [0, 0.1) is 11.7 Å². The van der Waals surface area contributed by atoms with Gasteiger partial charge in [0, 0.05) is 12.1 Å². The third kappa shape index (κ3) is 2.86. The molecule has 1 aromatic rings. The number of nitrogens with two attached hydrogens (primary N) is 1. The maximum Gasteiger partial charge on any atom is 0.125 e. The third-order valence-corrected chi connectivity index (χ3v) is 3.38. The third-order valence-electron chi connectivity index (χ3n) is 3.05. The highest BCUT2D eigenvalue weighted by Crippen LogP contribution is 2.28. The average Bonchev–Trinajstić information content (AvgIpc) is 2.23. The van der Waals surface area contributed by atoms with Crippen LogP contribution in [0.2, 0.25) is 5.02 Å². The van der Waals surface area contributed by atoms with Crippen LogP contribution in [0.5, 0.6) is 0 Å². The molecule has 0 saturated carbocycles. The van der Waals surface area contributed by atoms with E-state index < -0.39 is 0 Å². The van der Waals surface area contributed by atoms with Crippen molar-refractivity contribution < 1.29 is 4.39 Å². The fourth-order valence-corrected chi connectivity index (χ4v) is 1.50. The van der Waals surface area contributed by atoms with E-state index in [0.29, 0.717) is 23.2 Å². The van der Waals surface area contributed by atoms with E-state index in [1.807, 2.05) is 6.92 Å². The van der Waals surface area contributed by atoms with Gasteiger partial charge < -0.3 is 11.1 Å². The SMILES string of the molecule is CC(C)C(C)(CN)Nc1cc(F)ccc1Cl. The van der Waals surface area contributed by atoms with Crippen molar-refractivity contribution in [2.45, 2.75) is 26.3 Å². The minimum atomic E-state index is -0.310. The van der Waals surface area contributed by atoms with Crippen molar-refractivity contribution in [3.63, 3.8) is 0 Å². The molecule has 0 amide bonds. The number of benzene rings is 1. The molecule has 1 atom stereocenters. The van der Waals surface area contributed by atoms with Crippen molar-refractivity contribution in [3.05, 3.63) is 29.0 Å². The van der Waals surface area contributed by atoms with Gasteiger partial charge in [0.05, 0.1) is 10.7 Å². The van der Waals surface area contributed by atoms with Gasteiger partial charge in [0.2, 0.25) is 0 Å². The van der Waals surface area contributed by atoms with Crippen LogP contribution in [0.3, 0.4) is 0 Å². The Labute approximate surface area is 101 Å². The van der Waals surface area contributed by atoms with E-state index in [4.69, 9.17) is 17.3 Å². The van der Waals surface area contributed by atoms with Gasteiger partial charge >= 0.3 is 0 Å². The summed E-state index contributed by atoms with van der Waals surface area (Å²) in [4.78, 5) is 0. The largest absolute Gasteiger partial charge is 0.377 e. The molecule has 0 aliphatic heterocycles. The first-order chi connectivity index (χ1) is 7.39. The van der Waals surface area contributed by atoms with Crippen molar-refractivity contribution in [2.75, 3.05) is 11.9 Å². The lowest BCUT2D eigenvalue weighted by atomic mass is 9.88. The summed E-state index contributed by atoms with van der Waals surface area (Å²) in [7, 11) is 0. The summed E-state index contributed by atoms with van der Waals surface area (Å²) in [6, 6.07) is 4.26. The second-order valence-corrected chi connectivity index (χ2v) is 4.93. The lowest BCUT2D eigenvalue weighted by Crippen LogP contribution is -2.47. The summed E-state index contributed by atoms with van der Waals surface area (Å²) in [5, 5.41) is 3.72. The van der Waals surface area contributed by atoms with Crippen molar-refractivity contribution in [1.29, 1.82) is 0 Å². The molecule has 0 radical (unpaired) electrons. The Morgan fingerprint density at radius 3 is 2.62 bits per heavy atom. The molecule has 0 aliphatic carbocycles. The molecule has 2 nitrogen and oxygen atoms in total. The first kappa shape index (κ1) is 13.3. The molecule has 0 saturated heterocycles. The number of nitrogens with one attached hydrogen (secondary N) is 1. The van der Waals surface area contributed by atoms with E-state index in [-0.39, 0.29) is 11.4 Å². The Balaban J connectivity index is 2.98. The Morgan fingerprint density at radius 1 is 1.50 bits per heavy atom. The maximum absolute atomic E-state index is 13.1. The monoisotopic (exact) mass is 244 g/mol. The summed E-state index contributed by atoms with van der Waals surface area (Å²) in [5.74, 6) is 0.00635. The van der Waals surface area contributed by atoms with Gasteiger partial charge in [-0.1, -0.05) is 25.4 Å². The van der Waals surface area contributed by atoms with Gasteiger partial charge in [-0.15, -0.1) is 0 Å². The number of rotatable bonds is 4. The van der Waals surface area contributed by atoms with Crippen LogP contribution in [-0.2, 0) is 0 Å². The molecule has 0 fully saturated rings. The molecule has 90 valence electrons. The second-order valence-electron chi connectivity index (χ2n) is 4.53. The van der Waals surface area contributed by atoms with E-state index in [0.717, 1.165) is 0 Å². The van der Waals surface area contributed by atoms with Crippen LogP contribution >= 0.6 is 11.6 Å². The van der Waals surface area contributed by atoms with Gasteiger partial charge in [-0.2, -0.15) is 0 Å². The quantitative estimate of drug-likeness (QED) is 0.853.